The highest BCUT2D eigenvalue weighted by atomic mass is 32.2. The third kappa shape index (κ3) is 3.74. The fraction of sp³-hybridized carbons (Fsp3) is 0.235. The molecule has 0 aliphatic rings. The van der Waals surface area contributed by atoms with Crippen LogP contribution in [0.1, 0.15) is 12.7 Å². The number of amides is 1. The molecule has 0 aliphatic carbocycles. The second kappa shape index (κ2) is 7.10. The summed E-state index contributed by atoms with van der Waals surface area (Å²) in [6, 6.07) is 7.61. The molecule has 0 spiro atoms. The first-order valence-electron chi connectivity index (χ1n) is 7.62. The first kappa shape index (κ1) is 17.2. The number of carbonyl (C=O) groups is 1. The van der Waals surface area contributed by atoms with Crippen molar-refractivity contribution in [1.82, 2.24) is 14.8 Å². The predicted molar refractivity (Wildman–Crippen MR) is 93.8 cm³/mol. The topological polar surface area (TPSA) is 72.9 Å². The van der Waals surface area contributed by atoms with E-state index in [0.29, 0.717) is 16.7 Å². The van der Waals surface area contributed by atoms with Crippen molar-refractivity contribution in [3.63, 3.8) is 0 Å². The number of rotatable bonds is 5. The van der Waals surface area contributed by atoms with Gasteiger partial charge in [0.25, 0.3) is 0 Å². The molecule has 0 unspecified atom stereocenters. The number of hydrogen-bond acceptors (Lipinski definition) is 5. The molecule has 0 aliphatic heterocycles. The molecule has 2 aromatic heterocycles. The Morgan fingerprint density at radius 3 is 2.84 bits per heavy atom. The molecule has 0 radical (unpaired) electrons. The minimum Gasteiger partial charge on any atom is -0.469 e. The Balaban J connectivity index is 1.71. The molecule has 8 heteroatoms. The summed E-state index contributed by atoms with van der Waals surface area (Å²) in [4.78, 5) is 12.3. The maximum atomic E-state index is 13.2. The smallest absolute Gasteiger partial charge is 0.237 e. The zero-order chi connectivity index (χ0) is 18.0. The van der Waals surface area contributed by atoms with Crippen LogP contribution in [0.4, 0.5) is 10.1 Å². The van der Waals surface area contributed by atoms with Crippen molar-refractivity contribution in [3.05, 3.63) is 48.2 Å². The number of aryl methyl sites for hydroxylation is 1. The highest BCUT2D eigenvalue weighted by Gasteiger charge is 2.20. The monoisotopic (exact) mass is 360 g/mol. The fourth-order valence-corrected chi connectivity index (χ4v) is 3.11. The van der Waals surface area contributed by atoms with Gasteiger partial charge in [-0.1, -0.05) is 17.8 Å². The van der Waals surface area contributed by atoms with E-state index in [-0.39, 0.29) is 5.91 Å². The number of hydrogen-bond donors (Lipinski definition) is 1. The van der Waals surface area contributed by atoms with Gasteiger partial charge in [-0.05, 0) is 38.1 Å². The Morgan fingerprint density at radius 2 is 2.16 bits per heavy atom. The van der Waals surface area contributed by atoms with Gasteiger partial charge in [-0.15, -0.1) is 10.2 Å². The van der Waals surface area contributed by atoms with Crippen LogP contribution in [0.5, 0.6) is 0 Å². The molecule has 2 heterocycles. The number of carbonyl (C=O) groups excluding carboxylic acids is 1. The summed E-state index contributed by atoms with van der Waals surface area (Å²) >= 11 is 1.28. The first-order valence-corrected chi connectivity index (χ1v) is 8.50. The average Bonchev–Trinajstić information content (AvgIpc) is 3.13. The lowest BCUT2D eigenvalue weighted by Gasteiger charge is -2.11. The van der Waals surface area contributed by atoms with Gasteiger partial charge in [-0.2, -0.15) is 0 Å². The second-order valence-corrected chi connectivity index (χ2v) is 6.82. The van der Waals surface area contributed by atoms with Crippen molar-refractivity contribution in [2.45, 2.75) is 24.3 Å². The van der Waals surface area contributed by atoms with E-state index >= 15 is 0 Å². The summed E-state index contributed by atoms with van der Waals surface area (Å²) in [7, 11) is 1.83. The van der Waals surface area contributed by atoms with Crippen molar-refractivity contribution in [2.75, 3.05) is 5.32 Å². The van der Waals surface area contributed by atoms with Gasteiger partial charge in [0.2, 0.25) is 5.91 Å². The molecule has 0 saturated heterocycles. The average molecular weight is 360 g/mol. The van der Waals surface area contributed by atoms with Gasteiger partial charge in [0.05, 0.1) is 17.1 Å². The molecule has 1 N–H and O–H groups in total. The number of nitrogens with zero attached hydrogens (tertiary/aromatic N) is 3. The summed E-state index contributed by atoms with van der Waals surface area (Å²) in [5.41, 5.74) is 1.28. The summed E-state index contributed by atoms with van der Waals surface area (Å²) in [5, 5.41) is 11.2. The summed E-state index contributed by atoms with van der Waals surface area (Å²) in [6.45, 7) is 3.61. The molecule has 0 saturated carbocycles. The molecule has 1 amide bonds. The van der Waals surface area contributed by atoms with Crippen LogP contribution in [0.2, 0.25) is 0 Å². The second-order valence-electron chi connectivity index (χ2n) is 5.52. The van der Waals surface area contributed by atoms with Crippen LogP contribution in [0.3, 0.4) is 0 Å². The lowest BCUT2D eigenvalue weighted by Crippen LogP contribution is -2.22. The van der Waals surface area contributed by atoms with E-state index < -0.39 is 11.1 Å². The van der Waals surface area contributed by atoms with Crippen molar-refractivity contribution < 1.29 is 13.6 Å². The molecular weight excluding hydrogens is 343 g/mol. The van der Waals surface area contributed by atoms with Crippen LogP contribution >= 0.6 is 11.8 Å². The standard InChI is InChI=1S/C17H17FN4O2S/c1-10-14(7-8-24-10)15-20-21-17(22(15)3)25-11(2)16(23)19-13-6-4-5-12(18)9-13/h4-9,11H,1-3H3,(H,19,23)/t11-/m1/s1. The Kier molecular flexibility index (Phi) is 4.89. The molecule has 3 aromatic rings. The van der Waals surface area contributed by atoms with Crippen LogP contribution in [-0.2, 0) is 11.8 Å². The van der Waals surface area contributed by atoms with E-state index in [1.165, 1.54) is 23.9 Å². The Hall–Kier alpha value is -2.61. The molecule has 1 aromatic carbocycles. The first-order chi connectivity index (χ1) is 12.0. The quantitative estimate of drug-likeness (QED) is 0.703. The molecule has 0 fully saturated rings. The number of benzene rings is 1. The van der Waals surface area contributed by atoms with Crippen LogP contribution in [0.25, 0.3) is 11.4 Å². The number of furan rings is 1. The van der Waals surface area contributed by atoms with Gasteiger partial charge >= 0.3 is 0 Å². The van der Waals surface area contributed by atoms with E-state index in [0.717, 1.165) is 11.3 Å². The Bertz CT molecular complexity index is 906. The minimum absolute atomic E-state index is 0.236. The van der Waals surface area contributed by atoms with Crippen LogP contribution < -0.4 is 5.32 Å². The fourth-order valence-electron chi connectivity index (χ4n) is 2.29. The Labute approximate surface area is 148 Å². The molecular formula is C17H17FN4O2S. The van der Waals surface area contributed by atoms with E-state index in [9.17, 15) is 9.18 Å². The normalized spacial score (nSPS) is 12.2. The van der Waals surface area contributed by atoms with Gasteiger partial charge in [0, 0.05) is 12.7 Å². The van der Waals surface area contributed by atoms with Gasteiger partial charge in [0.1, 0.15) is 11.6 Å². The predicted octanol–water partition coefficient (Wildman–Crippen LogP) is 3.64. The van der Waals surface area contributed by atoms with Crippen molar-refractivity contribution >= 4 is 23.4 Å². The van der Waals surface area contributed by atoms with Crippen molar-refractivity contribution in [3.8, 4) is 11.4 Å². The maximum absolute atomic E-state index is 13.2. The number of aromatic nitrogens is 3. The molecule has 1 atom stereocenters. The zero-order valence-corrected chi connectivity index (χ0v) is 14.8. The zero-order valence-electron chi connectivity index (χ0n) is 14.0. The van der Waals surface area contributed by atoms with E-state index in [2.05, 4.69) is 15.5 Å². The van der Waals surface area contributed by atoms with Crippen LogP contribution in [0.15, 0.2) is 46.2 Å². The lowest BCUT2D eigenvalue weighted by molar-refractivity contribution is -0.115. The minimum atomic E-state index is -0.426. The molecule has 0 bridgehead atoms. The lowest BCUT2D eigenvalue weighted by atomic mass is 10.2. The van der Waals surface area contributed by atoms with Crippen LogP contribution in [-0.4, -0.2) is 25.9 Å². The SMILES string of the molecule is Cc1occc1-c1nnc(S[C@H](C)C(=O)Nc2cccc(F)c2)n1C. The van der Waals surface area contributed by atoms with Crippen LogP contribution in [0, 0.1) is 12.7 Å². The molecule has 6 nitrogen and oxygen atoms in total. The summed E-state index contributed by atoms with van der Waals surface area (Å²) in [6.07, 6.45) is 1.60. The number of halogens is 1. The highest BCUT2D eigenvalue weighted by molar-refractivity contribution is 8.00. The van der Waals surface area contributed by atoms with E-state index in [1.807, 2.05) is 24.6 Å². The van der Waals surface area contributed by atoms with Gasteiger partial charge in [-0.3, -0.25) is 4.79 Å². The Morgan fingerprint density at radius 1 is 1.36 bits per heavy atom. The largest absolute Gasteiger partial charge is 0.469 e. The van der Waals surface area contributed by atoms with Crippen molar-refractivity contribution in [1.29, 1.82) is 0 Å². The highest BCUT2D eigenvalue weighted by Crippen LogP contribution is 2.28. The summed E-state index contributed by atoms with van der Waals surface area (Å²) in [5.74, 6) is 0.793. The van der Waals surface area contributed by atoms with E-state index in [1.54, 1.807) is 25.3 Å². The number of anilines is 1. The van der Waals surface area contributed by atoms with Gasteiger partial charge in [0.15, 0.2) is 11.0 Å². The molecule has 130 valence electrons. The van der Waals surface area contributed by atoms with Gasteiger partial charge in [-0.25, -0.2) is 4.39 Å². The van der Waals surface area contributed by atoms with E-state index in [4.69, 9.17) is 4.42 Å². The number of nitrogens with one attached hydrogen (secondary N) is 1. The van der Waals surface area contributed by atoms with Crippen molar-refractivity contribution in [2.24, 2.45) is 7.05 Å². The maximum Gasteiger partial charge on any atom is 0.237 e. The summed E-state index contributed by atoms with van der Waals surface area (Å²) < 4.78 is 20.3. The van der Waals surface area contributed by atoms with Gasteiger partial charge < -0.3 is 14.3 Å². The number of thioether (sulfide) groups is 1. The third-order valence-electron chi connectivity index (χ3n) is 3.68. The third-order valence-corrected chi connectivity index (χ3v) is 4.81. The molecule has 3 rings (SSSR count). The molecule has 25 heavy (non-hydrogen) atoms.